The number of hydrogen-bond acceptors (Lipinski definition) is 4. The molecule has 86 valence electrons. The Morgan fingerprint density at radius 3 is 3.00 bits per heavy atom. The van der Waals surface area contributed by atoms with E-state index in [1.165, 1.54) is 7.11 Å². The number of ether oxygens (including phenoxy) is 1. The largest absolute Gasteiger partial charge is 0.465 e. The van der Waals surface area contributed by atoms with Crippen molar-refractivity contribution in [3.05, 3.63) is 35.4 Å². The second kappa shape index (κ2) is 5.09. The van der Waals surface area contributed by atoms with E-state index in [1.807, 2.05) is 18.2 Å². The summed E-state index contributed by atoms with van der Waals surface area (Å²) in [5, 5.41) is 6.72. The third kappa shape index (κ3) is 2.40. The minimum absolute atomic E-state index is 0.276. The van der Waals surface area contributed by atoms with E-state index < -0.39 is 0 Å². The summed E-state index contributed by atoms with van der Waals surface area (Å²) >= 11 is 0. The number of esters is 1. The zero-order valence-corrected chi connectivity index (χ0v) is 9.32. The molecule has 0 bridgehead atoms. The van der Waals surface area contributed by atoms with Crippen LogP contribution in [0.15, 0.2) is 24.3 Å². The first kappa shape index (κ1) is 11.1. The van der Waals surface area contributed by atoms with Crippen LogP contribution in [-0.4, -0.2) is 32.7 Å². The number of nitrogens with one attached hydrogen (secondary N) is 2. The smallest absolute Gasteiger partial charge is 0.337 e. The molecule has 1 aliphatic heterocycles. The lowest BCUT2D eigenvalue weighted by molar-refractivity contribution is 0.0600. The first-order valence-electron chi connectivity index (χ1n) is 5.43. The van der Waals surface area contributed by atoms with Crippen LogP contribution in [0.3, 0.4) is 0 Å². The van der Waals surface area contributed by atoms with Gasteiger partial charge in [-0.3, -0.25) is 0 Å². The van der Waals surface area contributed by atoms with Gasteiger partial charge in [0.05, 0.1) is 12.7 Å². The highest BCUT2D eigenvalue weighted by molar-refractivity contribution is 5.89. The Morgan fingerprint density at radius 2 is 2.31 bits per heavy atom. The van der Waals surface area contributed by atoms with Gasteiger partial charge in [0.1, 0.15) is 0 Å². The van der Waals surface area contributed by atoms with Gasteiger partial charge in [-0.25, -0.2) is 4.79 Å². The molecule has 0 unspecified atom stereocenters. The molecule has 16 heavy (non-hydrogen) atoms. The van der Waals surface area contributed by atoms with Crippen LogP contribution in [0.4, 0.5) is 0 Å². The van der Waals surface area contributed by atoms with Crippen molar-refractivity contribution in [3.63, 3.8) is 0 Å². The standard InChI is InChI=1S/C12H16N2O2/c1-16-12(15)10-4-2-3-9(7-10)11-8-13-5-6-14-11/h2-4,7,11,13-14H,5-6,8H2,1H3/t11-/m0/s1. The molecule has 4 heteroatoms. The second-order valence-corrected chi connectivity index (χ2v) is 3.83. The zero-order valence-electron chi connectivity index (χ0n) is 9.32. The number of methoxy groups -OCH3 is 1. The normalized spacial score (nSPS) is 20.4. The molecule has 0 saturated carbocycles. The Morgan fingerprint density at radius 1 is 1.44 bits per heavy atom. The van der Waals surface area contributed by atoms with Gasteiger partial charge in [-0.15, -0.1) is 0 Å². The number of hydrogen-bond donors (Lipinski definition) is 2. The number of carbonyl (C=O) groups is 1. The molecule has 0 spiro atoms. The quantitative estimate of drug-likeness (QED) is 0.721. The fraction of sp³-hybridized carbons (Fsp3) is 0.417. The van der Waals surface area contributed by atoms with Gasteiger partial charge in [-0.05, 0) is 17.7 Å². The Bertz CT molecular complexity index is 373. The maximum absolute atomic E-state index is 11.4. The lowest BCUT2D eigenvalue weighted by Crippen LogP contribution is -2.42. The predicted molar refractivity (Wildman–Crippen MR) is 61.4 cm³/mol. The minimum atomic E-state index is -0.286. The van der Waals surface area contributed by atoms with Crippen molar-refractivity contribution in [1.29, 1.82) is 0 Å². The van der Waals surface area contributed by atoms with Crippen LogP contribution in [0.25, 0.3) is 0 Å². The number of rotatable bonds is 2. The molecule has 0 radical (unpaired) electrons. The summed E-state index contributed by atoms with van der Waals surface area (Å²) in [5.74, 6) is -0.286. The van der Waals surface area contributed by atoms with Crippen molar-refractivity contribution in [2.75, 3.05) is 26.7 Å². The summed E-state index contributed by atoms with van der Waals surface area (Å²) in [5.41, 5.74) is 1.72. The van der Waals surface area contributed by atoms with Gasteiger partial charge >= 0.3 is 5.97 Å². The highest BCUT2D eigenvalue weighted by atomic mass is 16.5. The molecule has 1 aromatic carbocycles. The summed E-state index contributed by atoms with van der Waals surface area (Å²) < 4.78 is 4.70. The third-order valence-electron chi connectivity index (χ3n) is 2.75. The van der Waals surface area contributed by atoms with E-state index in [4.69, 9.17) is 4.74 Å². The first-order valence-corrected chi connectivity index (χ1v) is 5.43. The average molecular weight is 220 g/mol. The molecule has 1 atom stereocenters. The minimum Gasteiger partial charge on any atom is -0.465 e. The van der Waals surface area contributed by atoms with Gasteiger partial charge in [-0.1, -0.05) is 12.1 Å². The summed E-state index contributed by atoms with van der Waals surface area (Å²) in [4.78, 5) is 11.4. The van der Waals surface area contributed by atoms with Gasteiger partial charge < -0.3 is 15.4 Å². The molecular weight excluding hydrogens is 204 g/mol. The van der Waals surface area contributed by atoms with E-state index >= 15 is 0 Å². The molecule has 0 aromatic heterocycles. The molecule has 2 rings (SSSR count). The highest BCUT2D eigenvalue weighted by Crippen LogP contribution is 2.15. The molecule has 1 fully saturated rings. The van der Waals surface area contributed by atoms with Crippen LogP contribution in [0.5, 0.6) is 0 Å². The topological polar surface area (TPSA) is 50.4 Å². The molecule has 1 heterocycles. The van der Waals surface area contributed by atoms with Crippen LogP contribution < -0.4 is 10.6 Å². The molecule has 1 saturated heterocycles. The number of piperazine rings is 1. The monoisotopic (exact) mass is 220 g/mol. The molecular formula is C12H16N2O2. The van der Waals surface area contributed by atoms with Gasteiger partial charge in [0.25, 0.3) is 0 Å². The maximum Gasteiger partial charge on any atom is 0.337 e. The average Bonchev–Trinajstić information content (AvgIpc) is 2.39. The van der Waals surface area contributed by atoms with Crippen LogP contribution in [0, 0.1) is 0 Å². The summed E-state index contributed by atoms with van der Waals surface area (Å²) in [6.45, 7) is 2.84. The van der Waals surface area contributed by atoms with E-state index in [0.29, 0.717) is 5.56 Å². The van der Waals surface area contributed by atoms with Gasteiger partial charge in [0.15, 0.2) is 0 Å². The van der Waals surface area contributed by atoms with Crippen molar-refractivity contribution in [3.8, 4) is 0 Å². The van der Waals surface area contributed by atoms with Crippen LogP contribution in [0.1, 0.15) is 22.0 Å². The van der Waals surface area contributed by atoms with Gasteiger partial charge in [-0.2, -0.15) is 0 Å². The molecule has 1 aliphatic rings. The second-order valence-electron chi connectivity index (χ2n) is 3.83. The van der Waals surface area contributed by atoms with Crippen LogP contribution in [-0.2, 0) is 4.74 Å². The summed E-state index contributed by atoms with van der Waals surface area (Å²) in [6.07, 6.45) is 0. The maximum atomic E-state index is 11.4. The Hall–Kier alpha value is -1.39. The van der Waals surface area contributed by atoms with E-state index in [0.717, 1.165) is 25.2 Å². The van der Waals surface area contributed by atoms with Gasteiger partial charge in [0.2, 0.25) is 0 Å². The Balaban J connectivity index is 2.17. The van der Waals surface area contributed by atoms with E-state index in [9.17, 15) is 4.79 Å². The van der Waals surface area contributed by atoms with Crippen molar-refractivity contribution in [2.24, 2.45) is 0 Å². The molecule has 0 amide bonds. The molecule has 4 nitrogen and oxygen atoms in total. The van der Waals surface area contributed by atoms with Crippen LogP contribution >= 0.6 is 0 Å². The lowest BCUT2D eigenvalue weighted by atomic mass is 10.0. The molecule has 0 aliphatic carbocycles. The van der Waals surface area contributed by atoms with E-state index in [-0.39, 0.29) is 12.0 Å². The fourth-order valence-electron chi connectivity index (χ4n) is 1.89. The lowest BCUT2D eigenvalue weighted by Gasteiger charge is -2.25. The van der Waals surface area contributed by atoms with Crippen molar-refractivity contribution < 1.29 is 9.53 Å². The van der Waals surface area contributed by atoms with E-state index in [1.54, 1.807) is 6.07 Å². The van der Waals surface area contributed by atoms with Crippen molar-refractivity contribution >= 4 is 5.97 Å². The van der Waals surface area contributed by atoms with Gasteiger partial charge in [0, 0.05) is 25.7 Å². The summed E-state index contributed by atoms with van der Waals surface area (Å²) in [6, 6.07) is 7.84. The zero-order chi connectivity index (χ0) is 11.4. The highest BCUT2D eigenvalue weighted by Gasteiger charge is 2.15. The first-order chi connectivity index (χ1) is 7.81. The van der Waals surface area contributed by atoms with E-state index in [2.05, 4.69) is 10.6 Å². The summed E-state index contributed by atoms with van der Waals surface area (Å²) in [7, 11) is 1.40. The Labute approximate surface area is 95.0 Å². The third-order valence-corrected chi connectivity index (χ3v) is 2.75. The Kier molecular flexibility index (Phi) is 3.54. The number of carbonyl (C=O) groups excluding carboxylic acids is 1. The van der Waals surface area contributed by atoms with Crippen LogP contribution in [0.2, 0.25) is 0 Å². The molecule has 1 aromatic rings. The predicted octanol–water partition coefficient (Wildman–Crippen LogP) is 0.707. The number of benzene rings is 1. The van der Waals surface area contributed by atoms with Crippen molar-refractivity contribution in [2.45, 2.75) is 6.04 Å². The van der Waals surface area contributed by atoms with Crippen molar-refractivity contribution in [1.82, 2.24) is 10.6 Å². The SMILES string of the molecule is COC(=O)c1cccc([C@@H]2CNCCN2)c1. The molecule has 2 N–H and O–H groups in total. The fourth-order valence-corrected chi connectivity index (χ4v) is 1.89.